The largest absolute Gasteiger partial charge is 0.508 e. The van der Waals surface area contributed by atoms with E-state index in [-0.39, 0.29) is 17.1 Å². The first kappa shape index (κ1) is 10.2. The predicted molar refractivity (Wildman–Crippen MR) is 56.9 cm³/mol. The standard InChI is InChI=1S/C11H9NO4/c1-6-9(11(15)16-12-6)5-7-4-8(13)2-3-10(7)14/h2-5,13-14H,1H3. The van der Waals surface area contributed by atoms with Crippen molar-refractivity contribution in [2.75, 3.05) is 0 Å². The van der Waals surface area contributed by atoms with Gasteiger partial charge in [0.25, 0.3) is 0 Å². The number of nitrogens with zero attached hydrogens (tertiary/aromatic N) is 1. The molecule has 1 aromatic carbocycles. The number of oxime groups is 1. The first-order valence-electron chi connectivity index (χ1n) is 4.58. The van der Waals surface area contributed by atoms with Crippen LogP contribution in [-0.2, 0) is 9.63 Å². The van der Waals surface area contributed by atoms with Crippen LogP contribution in [0.15, 0.2) is 28.9 Å². The number of aromatic hydroxyl groups is 2. The molecule has 0 fully saturated rings. The lowest BCUT2D eigenvalue weighted by atomic mass is 10.1. The Morgan fingerprint density at radius 2 is 2.12 bits per heavy atom. The summed E-state index contributed by atoms with van der Waals surface area (Å²) in [4.78, 5) is 15.7. The fourth-order valence-corrected chi connectivity index (χ4v) is 1.33. The molecule has 0 spiro atoms. The third kappa shape index (κ3) is 1.75. The summed E-state index contributed by atoms with van der Waals surface area (Å²) in [5.41, 5.74) is 1.04. The maximum Gasteiger partial charge on any atom is 0.367 e. The lowest BCUT2D eigenvalue weighted by molar-refractivity contribution is -0.136. The SMILES string of the molecule is CC1=NOC(=O)C1=Cc1cc(O)ccc1O. The van der Waals surface area contributed by atoms with Crippen LogP contribution in [0.1, 0.15) is 12.5 Å². The second-order valence-electron chi connectivity index (χ2n) is 3.36. The predicted octanol–water partition coefficient (Wildman–Crippen LogP) is 1.41. The first-order valence-corrected chi connectivity index (χ1v) is 4.58. The molecule has 5 heteroatoms. The van der Waals surface area contributed by atoms with Gasteiger partial charge >= 0.3 is 5.97 Å². The van der Waals surface area contributed by atoms with Crippen LogP contribution in [0.4, 0.5) is 0 Å². The van der Waals surface area contributed by atoms with Crippen molar-refractivity contribution in [1.29, 1.82) is 0 Å². The van der Waals surface area contributed by atoms with Gasteiger partial charge in [-0.3, -0.25) is 0 Å². The van der Waals surface area contributed by atoms with Crippen molar-refractivity contribution in [2.45, 2.75) is 6.92 Å². The van der Waals surface area contributed by atoms with Crippen LogP contribution in [0, 0.1) is 0 Å². The van der Waals surface area contributed by atoms with E-state index < -0.39 is 5.97 Å². The molecule has 0 saturated heterocycles. The van der Waals surface area contributed by atoms with Crippen LogP contribution in [0.25, 0.3) is 6.08 Å². The van der Waals surface area contributed by atoms with Gasteiger partial charge in [0.2, 0.25) is 0 Å². The van der Waals surface area contributed by atoms with Gasteiger partial charge in [0.1, 0.15) is 11.5 Å². The highest BCUT2D eigenvalue weighted by molar-refractivity contribution is 6.24. The summed E-state index contributed by atoms with van der Waals surface area (Å²) >= 11 is 0. The fourth-order valence-electron chi connectivity index (χ4n) is 1.33. The number of carbonyl (C=O) groups excluding carboxylic acids is 1. The highest BCUT2D eigenvalue weighted by Gasteiger charge is 2.22. The van der Waals surface area contributed by atoms with Crippen LogP contribution >= 0.6 is 0 Å². The van der Waals surface area contributed by atoms with Crippen molar-refractivity contribution >= 4 is 17.8 Å². The molecular weight excluding hydrogens is 210 g/mol. The van der Waals surface area contributed by atoms with Crippen LogP contribution < -0.4 is 0 Å². The highest BCUT2D eigenvalue weighted by atomic mass is 16.7. The van der Waals surface area contributed by atoms with Crippen LogP contribution in [0.3, 0.4) is 0 Å². The molecule has 1 aliphatic heterocycles. The van der Waals surface area contributed by atoms with Crippen LogP contribution in [0.5, 0.6) is 11.5 Å². The molecule has 1 aromatic rings. The molecule has 0 atom stereocenters. The number of benzene rings is 1. The van der Waals surface area contributed by atoms with Gasteiger partial charge in [-0.2, -0.15) is 0 Å². The Morgan fingerprint density at radius 3 is 2.75 bits per heavy atom. The monoisotopic (exact) mass is 219 g/mol. The van der Waals surface area contributed by atoms with Crippen LogP contribution in [0.2, 0.25) is 0 Å². The molecule has 0 radical (unpaired) electrons. The molecule has 82 valence electrons. The lowest BCUT2D eigenvalue weighted by Gasteiger charge is -2.00. The minimum absolute atomic E-state index is 0.00519. The molecule has 0 unspecified atom stereocenters. The quantitative estimate of drug-likeness (QED) is 0.425. The Bertz CT molecular complexity index is 517. The summed E-state index contributed by atoms with van der Waals surface area (Å²) in [5.74, 6) is -0.594. The van der Waals surface area contributed by atoms with E-state index in [1.165, 1.54) is 24.3 Å². The molecule has 0 aromatic heterocycles. The molecule has 0 amide bonds. The van der Waals surface area contributed by atoms with Crippen molar-refractivity contribution in [1.82, 2.24) is 0 Å². The van der Waals surface area contributed by atoms with Crippen LogP contribution in [-0.4, -0.2) is 21.9 Å². The molecule has 0 aliphatic carbocycles. The smallest absolute Gasteiger partial charge is 0.367 e. The van der Waals surface area contributed by atoms with E-state index in [0.29, 0.717) is 11.3 Å². The van der Waals surface area contributed by atoms with E-state index in [1.807, 2.05) is 0 Å². The number of phenols is 2. The van der Waals surface area contributed by atoms with E-state index in [1.54, 1.807) is 6.92 Å². The van der Waals surface area contributed by atoms with Crippen molar-refractivity contribution < 1.29 is 19.8 Å². The second-order valence-corrected chi connectivity index (χ2v) is 3.36. The maximum atomic E-state index is 11.2. The molecule has 16 heavy (non-hydrogen) atoms. The third-order valence-corrected chi connectivity index (χ3v) is 2.19. The summed E-state index contributed by atoms with van der Waals surface area (Å²) in [6.45, 7) is 1.62. The number of carbonyl (C=O) groups is 1. The summed E-state index contributed by atoms with van der Waals surface area (Å²) in [5, 5.41) is 22.3. The zero-order valence-electron chi connectivity index (χ0n) is 8.47. The Morgan fingerprint density at radius 1 is 1.38 bits per heavy atom. The third-order valence-electron chi connectivity index (χ3n) is 2.19. The van der Waals surface area contributed by atoms with E-state index in [2.05, 4.69) is 9.99 Å². The Labute approximate surface area is 91.3 Å². The van der Waals surface area contributed by atoms with Gasteiger partial charge in [0.05, 0.1) is 11.3 Å². The molecule has 5 nitrogen and oxygen atoms in total. The van der Waals surface area contributed by atoms with Gasteiger partial charge in [0, 0.05) is 5.56 Å². The van der Waals surface area contributed by atoms with Gasteiger partial charge in [-0.05, 0) is 31.2 Å². The van der Waals surface area contributed by atoms with Crippen molar-refractivity contribution in [2.24, 2.45) is 5.16 Å². The number of hydrogen-bond acceptors (Lipinski definition) is 5. The zero-order valence-corrected chi connectivity index (χ0v) is 8.47. The first-order chi connectivity index (χ1) is 7.58. The average molecular weight is 219 g/mol. The number of phenolic OH excluding ortho intramolecular Hbond substituents is 2. The summed E-state index contributed by atoms with van der Waals surface area (Å²) in [6.07, 6.45) is 1.42. The van der Waals surface area contributed by atoms with E-state index in [0.717, 1.165) is 0 Å². The Balaban J connectivity index is 2.46. The van der Waals surface area contributed by atoms with Crippen molar-refractivity contribution in [3.05, 3.63) is 29.3 Å². The Hall–Kier alpha value is -2.30. The minimum atomic E-state index is -0.569. The summed E-state index contributed by atoms with van der Waals surface area (Å²) < 4.78 is 0. The van der Waals surface area contributed by atoms with Gasteiger partial charge < -0.3 is 15.1 Å². The van der Waals surface area contributed by atoms with Crippen molar-refractivity contribution in [3.8, 4) is 11.5 Å². The summed E-state index contributed by atoms with van der Waals surface area (Å²) in [6, 6.07) is 4.04. The molecule has 2 rings (SSSR count). The number of rotatable bonds is 1. The molecule has 0 saturated carbocycles. The maximum absolute atomic E-state index is 11.2. The molecule has 0 bridgehead atoms. The average Bonchev–Trinajstić information content (AvgIpc) is 2.55. The van der Waals surface area contributed by atoms with Gasteiger partial charge in [0.15, 0.2) is 0 Å². The lowest BCUT2D eigenvalue weighted by Crippen LogP contribution is -2.01. The van der Waals surface area contributed by atoms with Gasteiger partial charge in [-0.1, -0.05) is 5.16 Å². The molecule has 1 aliphatic rings. The van der Waals surface area contributed by atoms with Crippen molar-refractivity contribution in [3.63, 3.8) is 0 Å². The summed E-state index contributed by atoms with van der Waals surface area (Å²) in [7, 11) is 0. The second kappa shape index (κ2) is 3.69. The van der Waals surface area contributed by atoms with E-state index in [9.17, 15) is 15.0 Å². The van der Waals surface area contributed by atoms with Gasteiger partial charge in [-0.15, -0.1) is 0 Å². The molecular formula is C11H9NO4. The highest BCUT2D eigenvalue weighted by Crippen LogP contribution is 2.26. The zero-order chi connectivity index (χ0) is 11.7. The van der Waals surface area contributed by atoms with E-state index in [4.69, 9.17) is 0 Å². The fraction of sp³-hybridized carbons (Fsp3) is 0.0909. The minimum Gasteiger partial charge on any atom is -0.508 e. The number of hydrogen-bond donors (Lipinski definition) is 2. The molecule has 2 N–H and O–H groups in total. The topological polar surface area (TPSA) is 79.1 Å². The normalized spacial score (nSPS) is 17.4. The van der Waals surface area contributed by atoms with Gasteiger partial charge in [-0.25, -0.2) is 4.79 Å². The Kier molecular flexibility index (Phi) is 2.36. The molecule has 1 heterocycles. The van der Waals surface area contributed by atoms with E-state index >= 15 is 0 Å².